The summed E-state index contributed by atoms with van der Waals surface area (Å²) in [5.41, 5.74) is 1.03. The van der Waals surface area contributed by atoms with Gasteiger partial charge in [0.2, 0.25) is 0 Å². The van der Waals surface area contributed by atoms with Crippen LogP contribution in [-0.4, -0.2) is 32.3 Å². The highest BCUT2D eigenvalue weighted by Gasteiger charge is 2.49. The number of sulfone groups is 1. The maximum absolute atomic E-state index is 11.9. The average molecular weight is 310 g/mol. The highest BCUT2D eigenvalue weighted by Crippen LogP contribution is 2.45. The Balaban J connectivity index is 2.44. The highest BCUT2D eigenvalue weighted by molar-refractivity contribution is 7.90. The standard InChI is InChI=1S/C15H23BO4S/c1-14(2)10-16(20-15(14,3)4)12-7-6-11(9-17)13(8-12)21(5,18)19/h6-8,17H,9-10H2,1-5H3. The maximum atomic E-state index is 11.9. The third-order valence-electron chi connectivity index (χ3n) is 4.80. The molecule has 1 heterocycles. The summed E-state index contributed by atoms with van der Waals surface area (Å²) in [5.74, 6) is 0. The van der Waals surface area contributed by atoms with Crippen LogP contribution in [0.1, 0.15) is 33.3 Å². The summed E-state index contributed by atoms with van der Waals surface area (Å²) in [6.45, 7) is 8.03. The normalized spacial score (nSPS) is 20.8. The van der Waals surface area contributed by atoms with Gasteiger partial charge in [-0.3, -0.25) is 0 Å². The molecule has 1 N–H and O–H groups in total. The van der Waals surface area contributed by atoms with Crippen molar-refractivity contribution >= 4 is 22.2 Å². The van der Waals surface area contributed by atoms with E-state index in [4.69, 9.17) is 4.65 Å². The summed E-state index contributed by atoms with van der Waals surface area (Å²) >= 11 is 0. The first-order valence-corrected chi connectivity index (χ1v) is 8.99. The van der Waals surface area contributed by atoms with Gasteiger partial charge in [-0.15, -0.1) is 0 Å². The zero-order valence-electron chi connectivity index (χ0n) is 13.3. The Hall–Kier alpha value is -0.845. The van der Waals surface area contributed by atoms with Crippen LogP contribution in [0.4, 0.5) is 0 Å². The van der Waals surface area contributed by atoms with Gasteiger partial charge in [-0.2, -0.15) is 0 Å². The molecule has 0 atom stereocenters. The molecule has 21 heavy (non-hydrogen) atoms. The molecule has 1 fully saturated rings. The molecule has 1 aromatic rings. The lowest BCUT2D eigenvalue weighted by atomic mass is 9.54. The number of benzene rings is 1. The van der Waals surface area contributed by atoms with Gasteiger partial charge in [0.1, 0.15) is 0 Å². The molecular weight excluding hydrogens is 287 g/mol. The van der Waals surface area contributed by atoms with Crippen molar-refractivity contribution in [3.8, 4) is 0 Å². The van der Waals surface area contributed by atoms with Crippen molar-refractivity contribution in [2.75, 3.05) is 6.26 Å². The van der Waals surface area contributed by atoms with Crippen molar-refractivity contribution in [1.82, 2.24) is 0 Å². The monoisotopic (exact) mass is 310 g/mol. The molecule has 116 valence electrons. The molecule has 0 aromatic heterocycles. The highest BCUT2D eigenvalue weighted by atomic mass is 32.2. The molecule has 0 amide bonds. The van der Waals surface area contributed by atoms with Crippen LogP contribution in [0.25, 0.3) is 0 Å². The Morgan fingerprint density at radius 3 is 2.33 bits per heavy atom. The van der Waals surface area contributed by atoms with E-state index < -0.39 is 9.84 Å². The summed E-state index contributed by atoms with van der Waals surface area (Å²) in [6, 6.07) is 5.17. The molecule has 2 rings (SSSR count). The predicted octanol–water partition coefficient (Wildman–Crippen LogP) is 1.62. The minimum Gasteiger partial charge on any atom is -0.426 e. The molecule has 0 radical (unpaired) electrons. The summed E-state index contributed by atoms with van der Waals surface area (Å²) in [7, 11) is -3.37. The molecule has 0 spiro atoms. The molecule has 0 bridgehead atoms. The number of aliphatic hydroxyl groups is 1. The van der Waals surface area contributed by atoms with Crippen LogP contribution in [0.2, 0.25) is 6.32 Å². The van der Waals surface area contributed by atoms with Gasteiger partial charge in [0.25, 0.3) is 0 Å². The van der Waals surface area contributed by atoms with Gasteiger partial charge in [-0.05, 0) is 42.7 Å². The molecule has 0 aliphatic carbocycles. The van der Waals surface area contributed by atoms with Gasteiger partial charge in [0, 0.05) is 6.26 Å². The van der Waals surface area contributed by atoms with Crippen LogP contribution in [0, 0.1) is 5.41 Å². The largest absolute Gasteiger partial charge is 0.426 e. The minimum atomic E-state index is -3.37. The zero-order valence-corrected chi connectivity index (χ0v) is 14.1. The maximum Gasteiger partial charge on any atom is 0.328 e. The van der Waals surface area contributed by atoms with Crippen molar-refractivity contribution in [3.63, 3.8) is 0 Å². The fourth-order valence-electron chi connectivity index (χ4n) is 2.70. The van der Waals surface area contributed by atoms with Crippen LogP contribution >= 0.6 is 0 Å². The summed E-state index contributed by atoms with van der Waals surface area (Å²) < 4.78 is 29.9. The molecule has 4 nitrogen and oxygen atoms in total. The Labute approximate surface area is 127 Å². The predicted molar refractivity (Wildman–Crippen MR) is 84.6 cm³/mol. The zero-order chi connectivity index (χ0) is 16.1. The molecule has 1 aliphatic heterocycles. The van der Waals surface area contributed by atoms with E-state index in [9.17, 15) is 13.5 Å². The molecule has 6 heteroatoms. The molecule has 0 saturated carbocycles. The third kappa shape index (κ3) is 3.03. The molecule has 0 unspecified atom stereocenters. The Morgan fingerprint density at radius 1 is 1.29 bits per heavy atom. The first-order valence-electron chi connectivity index (χ1n) is 7.09. The number of hydrogen-bond donors (Lipinski definition) is 1. The second-order valence-corrected chi connectivity index (χ2v) is 8.99. The summed E-state index contributed by atoms with van der Waals surface area (Å²) in [5, 5.41) is 9.31. The van der Waals surface area contributed by atoms with E-state index in [0.717, 1.165) is 18.0 Å². The topological polar surface area (TPSA) is 63.6 Å². The van der Waals surface area contributed by atoms with E-state index in [1.54, 1.807) is 12.1 Å². The van der Waals surface area contributed by atoms with Gasteiger partial charge in [-0.25, -0.2) is 8.42 Å². The summed E-state index contributed by atoms with van der Waals surface area (Å²) in [4.78, 5) is 0.189. The van der Waals surface area contributed by atoms with Crippen LogP contribution in [-0.2, 0) is 21.1 Å². The van der Waals surface area contributed by atoms with E-state index >= 15 is 0 Å². The Bertz CT molecular complexity index is 634. The van der Waals surface area contributed by atoms with Crippen molar-refractivity contribution in [1.29, 1.82) is 0 Å². The Morgan fingerprint density at radius 2 is 1.90 bits per heavy atom. The van der Waals surface area contributed by atoms with Gasteiger partial charge in [0.05, 0.1) is 17.1 Å². The quantitative estimate of drug-likeness (QED) is 0.862. The first-order chi connectivity index (χ1) is 9.48. The Kier molecular flexibility index (Phi) is 4.02. The SMILES string of the molecule is CC1(C)CB(c2ccc(CO)c(S(C)(=O)=O)c2)OC1(C)C. The summed E-state index contributed by atoms with van der Waals surface area (Å²) in [6.07, 6.45) is 2.00. The molecule has 1 aromatic carbocycles. The number of aliphatic hydroxyl groups excluding tert-OH is 1. The lowest BCUT2D eigenvalue weighted by Gasteiger charge is -2.34. The molecule has 1 aliphatic rings. The lowest BCUT2D eigenvalue weighted by Crippen LogP contribution is -2.36. The van der Waals surface area contributed by atoms with E-state index in [0.29, 0.717) is 5.56 Å². The van der Waals surface area contributed by atoms with E-state index in [1.165, 1.54) is 0 Å². The lowest BCUT2D eigenvalue weighted by molar-refractivity contribution is 0.0375. The fourth-order valence-corrected chi connectivity index (χ4v) is 3.66. The van der Waals surface area contributed by atoms with Gasteiger partial charge in [0.15, 0.2) is 9.84 Å². The van der Waals surface area contributed by atoms with E-state index in [2.05, 4.69) is 27.7 Å². The molecular formula is C15H23BO4S. The average Bonchev–Trinajstić information content (AvgIpc) is 2.56. The second kappa shape index (κ2) is 5.11. The van der Waals surface area contributed by atoms with Crippen molar-refractivity contribution in [3.05, 3.63) is 23.8 Å². The number of hydrogen-bond acceptors (Lipinski definition) is 4. The van der Waals surface area contributed by atoms with Crippen molar-refractivity contribution in [2.24, 2.45) is 5.41 Å². The smallest absolute Gasteiger partial charge is 0.328 e. The van der Waals surface area contributed by atoms with Gasteiger partial charge < -0.3 is 9.76 Å². The van der Waals surface area contributed by atoms with Crippen LogP contribution < -0.4 is 5.46 Å². The number of rotatable bonds is 3. The van der Waals surface area contributed by atoms with Gasteiger partial charge >= 0.3 is 6.92 Å². The molecule has 1 saturated heterocycles. The minimum absolute atomic E-state index is 0.0125. The van der Waals surface area contributed by atoms with E-state index in [1.807, 2.05) is 6.07 Å². The van der Waals surface area contributed by atoms with Crippen LogP contribution in [0.5, 0.6) is 0 Å². The van der Waals surface area contributed by atoms with Gasteiger partial charge in [-0.1, -0.05) is 26.0 Å². The third-order valence-corrected chi connectivity index (χ3v) is 5.97. The van der Waals surface area contributed by atoms with Crippen LogP contribution in [0.15, 0.2) is 23.1 Å². The van der Waals surface area contributed by atoms with E-state index in [-0.39, 0.29) is 29.4 Å². The second-order valence-electron chi connectivity index (χ2n) is 7.00. The first kappa shape index (κ1) is 16.5. The van der Waals surface area contributed by atoms with Crippen LogP contribution in [0.3, 0.4) is 0 Å². The van der Waals surface area contributed by atoms with Crippen molar-refractivity contribution in [2.45, 2.75) is 51.1 Å². The fraction of sp³-hybridized carbons (Fsp3) is 0.600. The van der Waals surface area contributed by atoms with Crippen molar-refractivity contribution < 1.29 is 18.2 Å².